The summed E-state index contributed by atoms with van der Waals surface area (Å²) in [5, 5.41) is 2.80. The van der Waals surface area contributed by atoms with Gasteiger partial charge in [0.2, 0.25) is 0 Å². The molecule has 0 aliphatic rings. The predicted molar refractivity (Wildman–Crippen MR) is 79.7 cm³/mol. The van der Waals surface area contributed by atoms with Crippen molar-refractivity contribution in [2.75, 3.05) is 5.32 Å². The molecule has 0 atom stereocenters. The van der Waals surface area contributed by atoms with Crippen LogP contribution in [0.2, 0.25) is 0 Å². The van der Waals surface area contributed by atoms with Crippen LogP contribution < -0.4 is 11.0 Å². The summed E-state index contributed by atoms with van der Waals surface area (Å²) in [5.41, 5.74) is 0.825. The number of hydrogen-bond donors (Lipinski definition) is 3. The highest BCUT2D eigenvalue weighted by atomic mass is 19.2. The van der Waals surface area contributed by atoms with Crippen LogP contribution in [0.25, 0.3) is 11.2 Å². The minimum absolute atomic E-state index is 0.268. The van der Waals surface area contributed by atoms with Gasteiger partial charge in [0, 0.05) is 12.1 Å². The summed E-state index contributed by atoms with van der Waals surface area (Å²) in [6.07, 6.45) is 0.590. The van der Waals surface area contributed by atoms with Crippen molar-refractivity contribution >= 4 is 17.0 Å². The number of nitrogens with one attached hydrogen (secondary N) is 3. The summed E-state index contributed by atoms with van der Waals surface area (Å²) in [6.45, 7) is 1.61. The topological polar surface area (TPSA) is 73.6 Å². The normalized spacial score (nSPS) is 11.1. The first-order valence-corrected chi connectivity index (χ1v) is 6.97. The number of H-pyrrole nitrogens is 2. The third kappa shape index (κ3) is 2.79. The van der Waals surface area contributed by atoms with Gasteiger partial charge in [-0.2, -0.15) is 0 Å². The maximum atomic E-state index is 13.7. The summed E-state index contributed by atoms with van der Waals surface area (Å²) in [7, 11) is 0. The molecular weight excluding hydrogens is 309 g/mol. The molecule has 8 heteroatoms. The highest BCUT2D eigenvalue weighted by molar-refractivity contribution is 5.74. The minimum atomic E-state index is -1.23. The number of rotatable bonds is 4. The first-order valence-electron chi connectivity index (χ1n) is 6.97. The van der Waals surface area contributed by atoms with E-state index < -0.39 is 28.7 Å². The molecule has 2 heterocycles. The Morgan fingerprint density at radius 2 is 1.91 bits per heavy atom. The molecule has 0 aliphatic heterocycles. The van der Waals surface area contributed by atoms with Crippen molar-refractivity contribution in [3.8, 4) is 0 Å². The number of benzene rings is 1. The fraction of sp³-hybridized carbons (Fsp3) is 0.200. The van der Waals surface area contributed by atoms with Crippen LogP contribution in [-0.2, 0) is 13.0 Å². The van der Waals surface area contributed by atoms with E-state index in [0.717, 1.165) is 17.7 Å². The number of hydrogen-bond acceptors (Lipinski definition) is 3. The minimum Gasteiger partial charge on any atom is -0.365 e. The molecule has 0 fully saturated rings. The highest BCUT2D eigenvalue weighted by Crippen LogP contribution is 2.21. The zero-order valence-corrected chi connectivity index (χ0v) is 12.1. The van der Waals surface area contributed by atoms with Gasteiger partial charge in [-0.05, 0) is 30.2 Å². The Morgan fingerprint density at radius 1 is 1.17 bits per heavy atom. The average Bonchev–Trinajstić information content (AvgIpc) is 2.89. The van der Waals surface area contributed by atoms with Crippen molar-refractivity contribution in [2.45, 2.75) is 19.9 Å². The van der Waals surface area contributed by atoms with Gasteiger partial charge in [-0.3, -0.25) is 4.98 Å². The fourth-order valence-electron chi connectivity index (χ4n) is 2.33. The van der Waals surface area contributed by atoms with Crippen molar-refractivity contribution < 1.29 is 13.2 Å². The number of aromatic nitrogens is 3. The van der Waals surface area contributed by atoms with Crippen molar-refractivity contribution in [1.82, 2.24) is 15.0 Å². The summed E-state index contributed by atoms with van der Waals surface area (Å²) in [5.74, 6) is -2.81. The Balaban J connectivity index is 1.95. The van der Waals surface area contributed by atoms with Gasteiger partial charge in [0.25, 0.3) is 0 Å². The van der Waals surface area contributed by atoms with Crippen LogP contribution >= 0.6 is 0 Å². The second-order valence-corrected chi connectivity index (χ2v) is 5.00. The van der Waals surface area contributed by atoms with Gasteiger partial charge in [-0.25, -0.2) is 22.9 Å². The first kappa shape index (κ1) is 15.1. The Morgan fingerprint density at radius 3 is 2.65 bits per heavy atom. The number of pyridine rings is 1. The van der Waals surface area contributed by atoms with Crippen LogP contribution in [-0.4, -0.2) is 15.0 Å². The van der Waals surface area contributed by atoms with E-state index in [-0.39, 0.29) is 6.54 Å². The van der Waals surface area contributed by atoms with Gasteiger partial charge < -0.3 is 10.3 Å². The van der Waals surface area contributed by atoms with Gasteiger partial charge in [-0.1, -0.05) is 6.92 Å². The van der Waals surface area contributed by atoms with Crippen molar-refractivity contribution in [3.63, 3.8) is 0 Å². The average molecular weight is 322 g/mol. The third-order valence-corrected chi connectivity index (χ3v) is 3.53. The molecule has 1 aromatic carbocycles. The number of halogens is 3. The van der Waals surface area contributed by atoms with Crippen LogP contribution in [0, 0.1) is 17.5 Å². The van der Waals surface area contributed by atoms with Gasteiger partial charge in [0.1, 0.15) is 11.6 Å². The van der Waals surface area contributed by atoms with Gasteiger partial charge in [0.05, 0.1) is 5.52 Å². The van der Waals surface area contributed by atoms with Crippen LogP contribution in [0.3, 0.4) is 0 Å². The van der Waals surface area contributed by atoms with E-state index in [1.807, 2.05) is 6.92 Å². The van der Waals surface area contributed by atoms with Crippen molar-refractivity contribution in [2.24, 2.45) is 0 Å². The Labute approximate surface area is 128 Å². The lowest BCUT2D eigenvalue weighted by Crippen LogP contribution is -2.09. The monoisotopic (exact) mass is 322 g/mol. The summed E-state index contributed by atoms with van der Waals surface area (Å²) >= 11 is 0. The van der Waals surface area contributed by atoms with E-state index in [0.29, 0.717) is 23.4 Å². The van der Waals surface area contributed by atoms with E-state index in [9.17, 15) is 18.0 Å². The van der Waals surface area contributed by atoms with Crippen molar-refractivity contribution in [1.29, 1.82) is 0 Å². The number of imidazole rings is 1. The number of anilines is 1. The Hall–Kier alpha value is -2.77. The van der Waals surface area contributed by atoms with Gasteiger partial charge >= 0.3 is 5.69 Å². The standard InChI is InChI=1S/C15H13F3N4O/c1-2-7-5-11-14(22-15(23)20-11)21-13(7)19-6-8-9(16)3-4-10(17)12(8)18/h3-5H,2,6H2,1H3,(H3,19,20,21,22,23). The van der Waals surface area contributed by atoms with Gasteiger partial charge in [0.15, 0.2) is 17.3 Å². The molecule has 0 saturated carbocycles. The van der Waals surface area contributed by atoms with E-state index >= 15 is 0 Å². The van der Waals surface area contributed by atoms with E-state index in [1.54, 1.807) is 6.07 Å². The van der Waals surface area contributed by atoms with E-state index in [2.05, 4.69) is 20.3 Å². The third-order valence-electron chi connectivity index (χ3n) is 3.53. The smallest absolute Gasteiger partial charge is 0.325 e. The molecule has 0 aliphatic carbocycles. The molecule has 2 aromatic heterocycles. The number of aromatic amines is 2. The van der Waals surface area contributed by atoms with Crippen LogP contribution in [0.1, 0.15) is 18.1 Å². The molecular formula is C15H13F3N4O. The lowest BCUT2D eigenvalue weighted by atomic mass is 10.1. The summed E-state index contributed by atoms with van der Waals surface area (Å²) in [4.78, 5) is 20.6. The molecule has 0 radical (unpaired) electrons. The van der Waals surface area contributed by atoms with Crippen LogP contribution in [0.4, 0.5) is 19.0 Å². The zero-order valence-electron chi connectivity index (χ0n) is 12.1. The predicted octanol–water partition coefficient (Wildman–Crippen LogP) is 2.84. The fourth-order valence-corrected chi connectivity index (χ4v) is 2.33. The number of nitrogens with zero attached hydrogens (tertiary/aromatic N) is 1. The lowest BCUT2D eigenvalue weighted by Gasteiger charge is -2.11. The first-order chi connectivity index (χ1) is 11.0. The SMILES string of the molecule is CCc1cc2[nH]c(=O)[nH]c2nc1NCc1c(F)ccc(F)c1F. The molecule has 5 nitrogen and oxygen atoms in total. The highest BCUT2D eigenvalue weighted by Gasteiger charge is 2.15. The Kier molecular flexibility index (Phi) is 3.81. The van der Waals surface area contributed by atoms with Crippen LogP contribution in [0.15, 0.2) is 23.0 Å². The maximum absolute atomic E-state index is 13.7. The summed E-state index contributed by atoms with van der Waals surface area (Å²) < 4.78 is 40.5. The maximum Gasteiger partial charge on any atom is 0.325 e. The molecule has 0 bridgehead atoms. The summed E-state index contributed by atoms with van der Waals surface area (Å²) in [6, 6.07) is 3.33. The van der Waals surface area contributed by atoms with E-state index in [1.165, 1.54) is 0 Å². The molecule has 0 unspecified atom stereocenters. The molecule has 0 saturated heterocycles. The number of fused-ring (bicyclic) bond motifs is 1. The lowest BCUT2D eigenvalue weighted by molar-refractivity contribution is 0.481. The molecule has 23 heavy (non-hydrogen) atoms. The molecule has 3 rings (SSSR count). The second kappa shape index (κ2) is 5.79. The van der Waals surface area contributed by atoms with Crippen molar-refractivity contribution in [3.05, 3.63) is 57.3 Å². The quantitative estimate of drug-likeness (QED) is 0.647. The molecule has 3 aromatic rings. The second-order valence-electron chi connectivity index (χ2n) is 5.00. The van der Waals surface area contributed by atoms with E-state index in [4.69, 9.17) is 0 Å². The molecule has 3 N–H and O–H groups in total. The largest absolute Gasteiger partial charge is 0.365 e. The van der Waals surface area contributed by atoms with Gasteiger partial charge in [-0.15, -0.1) is 0 Å². The Bertz CT molecular complexity index is 932. The number of aryl methyl sites for hydroxylation is 1. The molecule has 120 valence electrons. The zero-order chi connectivity index (χ0) is 16.6. The van der Waals surface area contributed by atoms with Crippen LogP contribution in [0.5, 0.6) is 0 Å². The molecule has 0 spiro atoms. The molecule has 0 amide bonds.